The molecule has 2 aromatic rings. The largest absolute Gasteiger partial charge is 0.381 e. The summed E-state index contributed by atoms with van der Waals surface area (Å²) in [6.07, 6.45) is 5.98. The Bertz CT molecular complexity index is 893. The van der Waals surface area contributed by atoms with E-state index in [4.69, 9.17) is 4.74 Å². The highest BCUT2D eigenvalue weighted by Crippen LogP contribution is 2.35. The number of halogens is 1. The van der Waals surface area contributed by atoms with E-state index in [9.17, 15) is 9.18 Å². The third-order valence-corrected chi connectivity index (χ3v) is 7.20. The Morgan fingerprint density at radius 3 is 2.66 bits per heavy atom. The van der Waals surface area contributed by atoms with Gasteiger partial charge in [0.05, 0.1) is 5.41 Å². The predicted molar refractivity (Wildman–Crippen MR) is 126 cm³/mol. The summed E-state index contributed by atoms with van der Waals surface area (Å²) in [5.41, 5.74) is 2.72. The van der Waals surface area contributed by atoms with Crippen molar-refractivity contribution < 1.29 is 13.9 Å². The van der Waals surface area contributed by atoms with Gasteiger partial charge in [0, 0.05) is 32.3 Å². The van der Waals surface area contributed by atoms with Gasteiger partial charge in [0.15, 0.2) is 0 Å². The Morgan fingerprint density at radius 2 is 1.91 bits per heavy atom. The van der Waals surface area contributed by atoms with Gasteiger partial charge >= 0.3 is 0 Å². The molecule has 1 N–H and O–H groups in total. The summed E-state index contributed by atoms with van der Waals surface area (Å²) in [7, 11) is 0. The lowest BCUT2D eigenvalue weighted by Gasteiger charge is -2.37. The molecule has 0 aliphatic carbocycles. The Morgan fingerprint density at radius 1 is 1.12 bits per heavy atom. The van der Waals surface area contributed by atoms with E-state index in [-0.39, 0.29) is 11.7 Å². The quantitative estimate of drug-likeness (QED) is 0.674. The predicted octanol–water partition coefficient (Wildman–Crippen LogP) is 4.82. The average molecular weight is 439 g/mol. The minimum Gasteiger partial charge on any atom is -0.381 e. The first-order valence-electron chi connectivity index (χ1n) is 12.0. The van der Waals surface area contributed by atoms with Crippen LogP contribution in [0.2, 0.25) is 0 Å². The number of nitrogens with one attached hydrogen (secondary N) is 1. The SMILES string of the molecule is C[C@@H]1CCCCN1CCNC(=O)C1(Cc2cccc(-c3ccc(F)cc3)c2)CCOCC1. The lowest BCUT2D eigenvalue weighted by atomic mass is 9.74. The van der Waals surface area contributed by atoms with Crippen LogP contribution in [-0.2, 0) is 16.0 Å². The highest BCUT2D eigenvalue weighted by atomic mass is 19.1. The normalized spacial score (nSPS) is 21.2. The topological polar surface area (TPSA) is 41.6 Å². The number of benzene rings is 2. The van der Waals surface area contributed by atoms with Crippen molar-refractivity contribution in [3.8, 4) is 11.1 Å². The van der Waals surface area contributed by atoms with Crippen LogP contribution in [0, 0.1) is 11.2 Å². The van der Waals surface area contributed by atoms with Crippen molar-refractivity contribution in [2.75, 3.05) is 32.8 Å². The molecule has 1 atom stereocenters. The summed E-state index contributed by atoms with van der Waals surface area (Å²) in [4.78, 5) is 15.9. The van der Waals surface area contributed by atoms with E-state index in [0.29, 0.717) is 32.2 Å². The molecule has 0 radical (unpaired) electrons. The first kappa shape index (κ1) is 22.9. The van der Waals surface area contributed by atoms with Gasteiger partial charge in [-0.15, -0.1) is 0 Å². The fourth-order valence-electron chi connectivity index (χ4n) is 5.13. The molecule has 4 rings (SSSR count). The molecule has 5 heteroatoms. The maximum absolute atomic E-state index is 13.4. The van der Waals surface area contributed by atoms with Crippen LogP contribution in [0.15, 0.2) is 48.5 Å². The molecule has 2 aromatic carbocycles. The molecule has 0 unspecified atom stereocenters. The number of carbonyl (C=O) groups is 1. The Kier molecular flexibility index (Phi) is 7.59. The highest BCUT2D eigenvalue weighted by Gasteiger charge is 2.40. The first-order chi connectivity index (χ1) is 15.6. The van der Waals surface area contributed by atoms with Gasteiger partial charge in [-0.05, 0) is 74.4 Å². The van der Waals surface area contributed by atoms with Crippen molar-refractivity contribution in [2.24, 2.45) is 5.41 Å². The zero-order valence-electron chi connectivity index (χ0n) is 19.1. The molecule has 1 amide bonds. The van der Waals surface area contributed by atoms with Gasteiger partial charge < -0.3 is 10.1 Å². The molecule has 2 aliphatic rings. The fraction of sp³-hybridized carbons (Fsp3) is 0.519. The Hall–Kier alpha value is -2.24. The van der Waals surface area contributed by atoms with Gasteiger partial charge in [0.1, 0.15) is 5.82 Å². The van der Waals surface area contributed by atoms with Crippen LogP contribution in [0.3, 0.4) is 0 Å². The molecule has 172 valence electrons. The minimum atomic E-state index is -0.437. The van der Waals surface area contributed by atoms with Crippen LogP contribution >= 0.6 is 0 Å². The van der Waals surface area contributed by atoms with Gasteiger partial charge in [-0.25, -0.2) is 4.39 Å². The molecular weight excluding hydrogens is 403 g/mol. The number of carbonyl (C=O) groups excluding carboxylic acids is 1. The zero-order valence-corrected chi connectivity index (χ0v) is 19.1. The van der Waals surface area contributed by atoms with Gasteiger partial charge in [-0.2, -0.15) is 0 Å². The van der Waals surface area contributed by atoms with E-state index in [1.807, 2.05) is 12.1 Å². The Balaban J connectivity index is 1.44. The molecule has 2 aliphatic heterocycles. The number of hydrogen-bond acceptors (Lipinski definition) is 3. The minimum absolute atomic E-state index is 0.151. The molecule has 4 nitrogen and oxygen atoms in total. The number of rotatable bonds is 7. The highest BCUT2D eigenvalue weighted by molar-refractivity contribution is 5.83. The second-order valence-electron chi connectivity index (χ2n) is 9.41. The number of nitrogens with zero attached hydrogens (tertiary/aromatic N) is 1. The van der Waals surface area contributed by atoms with Crippen LogP contribution < -0.4 is 5.32 Å². The van der Waals surface area contributed by atoms with Gasteiger partial charge in [-0.3, -0.25) is 9.69 Å². The number of ether oxygens (including phenoxy) is 1. The monoisotopic (exact) mass is 438 g/mol. The molecule has 2 saturated heterocycles. The molecule has 0 aromatic heterocycles. The molecule has 0 spiro atoms. The summed E-state index contributed by atoms with van der Waals surface area (Å²) in [6, 6.07) is 15.5. The van der Waals surface area contributed by atoms with Crippen LogP contribution in [0.5, 0.6) is 0 Å². The van der Waals surface area contributed by atoms with Crippen molar-refractivity contribution in [1.29, 1.82) is 0 Å². The number of piperidine rings is 1. The lowest BCUT2D eigenvalue weighted by Crippen LogP contribution is -2.49. The smallest absolute Gasteiger partial charge is 0.226 e. The number of amides is 1. The van der Waals surface area contributed by atoms with Crippen LogP contribution in [0.4, 0.5) is 4.39 Å². The van der Waals surface area contributed by atoms with E-state index < -0.39 is 5.41 Å². The lowest BCUT2D eigenvalue weighted by molar-refractivity contribution is -0.136. The average Bonchev–Trinajstić information content (AvgIpc) is 2.81. The zero-order chi connectivity index (χ0) is 22.4. The summed E-state index contributed by atoms with van der Waals surface area (Å²) < 4.78 is 18.9. The van der Waals surface area contributed by atoms with Crippen molar-refractivity contribution in [2.45, 2.75) is 51.5 Å². The van der Waals surface area contributed by atoms with E-state index >= 15 is 0 Å². The van der Waals surface area contributed by atoms with E-state index in [0.717, 1.165) is 42.6 Å². The second-order valence-corrected chi connectivity index (χ2v) is 9.41. The number of hydrogen-bond donors (Lipinski definition) is 1. The number of likely N-dealkylation sites (tertiary alicyclic amines) is 1. The maximum Gasteiger partial charge on any atom is 0.226 e. The second kappa shape index (κ2) is 10.6. The standard InChI is InChI=1S/C27H35FN2O2/c1-21-5-2-3-15-30(21)16-14-29-26(31)27(12-17-32-18-13-27)20-22-6-4-7-24(19-22)23-8-10-25(28)11-9-23/h4,6-11,19,21H,2-3,5,12-18,20H2,1H3,(H,29,31)/t21-/m1/s1. The summed E-state index contributed by atoms with van der Waals surface area (Å²) in [5.74, 6) is -0.0840. The summed E-state index contributed by atoms with van der Waals surface area (Å²) in [5, 5.41) is 3.26. The van der Waals surface area contributed by atoms with Crippen molar-refractivity contribution in [3.05, 3.63) is 59.9 Å². The third-order valence-electron chi connectivity index (χ3n) is 7.20. The third kappa shape index (κ3) is 5.57. The van der Waals surface area contributed by atoms with Crippen LogP contribution in [0.25, 0.3) is 11.1 Å². The van der Waals surface area contributed by atoms with Gasteiger partial charge in [-0.1, -0.05) is 42.8 Å². The Labute approximate surface area is 191 Å². The molecule has 32 heavy (non-hydrogen) atoms. The van der Waals surface area contributed by atoms with Crippen molar-refractivity contribution in [3.63, 3.8) is 0 Å². The maximum atomic E-state index is 13.4. The van der Waals surface area contributed by atoms with Gasteiger partial charge in [0.25, 0.3) is 0 Å². The molecule has 0 saturated carbocycles. The van der Waals surface area contributed by atoms with Crippen LogP contribution in [-0.4, -0.2) is 49.7 Å². The fourth-order valence-corrected chi connectivity index (χ4v) is 5.13. The van der Waals surface area contributed by atoms with Crippen molar-refractivity contribution >= 4 is 5.91 Å². The molecule has 2 fully saturated rings. The first-order valence-corrected chi connectivity index (χ1v) is 12.0. The molecule has 0 bridgehead atoms. The van der Waals surface area contributed by atoms with E-state index in [2.05, 4.69) is 29.3 Å². The van der Waals surface area contributed by atoms with E-state index in [1.54, 1.807) is 12.1 Å². The summed E-state index contributed by atoms with van der Waals surface area (Å²) >= 11 is 0. The molecular formula is C27H35FN2O2. The van der Waals surface area contributed by atoms with Crippen LogP contribution in [0.1, 0.15) is 44.6 Å². The van der Waals surface area contributed by atoms with Crippen molar-refractivity contribution in [1.82, 2.24) is 10.2 Å². The summed E-state index contributed by atoms with van der Waals surface area (Å²) in [6.45, 7) is 6.27. The van der Waals surface area contributed by atoms with E-state index in [1.165, 1.54) is 31.4 Å². The van der Waals surface area contributed by atoms with Gasteiger partial charge in [0.2, 0.25) is 5.91 Å². The molecule has 2 heterocycles.